The average Bonchev–Trinajstić information content (AvgIpc) is 3.50. The molecule has 2 aromatic heterocycles. The first-order chi connectivity index (χ1) is 24.8. The molecule has 0 unspecified atom stereocenters. The van der Waals surface area contributed by atoms with E-state index in [-0.39, 0.29) is 37.0 Å². The second-order valence-electron chi connectivity index (χ2n) is 13.4. The number of nitrogens with one attached hydrogen (secondary N) is 2. The predicted octanol–water partition coefficient (Wildman–Crippen LogP) is 7.13. The number of ether oxygens (including phenoxy) is 3. The van der Waals surface area contributed by atoms with Crippen molar-refractivity contribution in [3.63, 3.8) is 0 Å². The quantitative estimate of drug-likeness (QED) is 0.0989. The molecule has 4 N–H and O–H groups in total. The molecule has 2 aliphatic rings. The fourth-order valence-electron chi connectivity index (χ4n) is 6.93. The minimum absolute atomic E-state index is 0.0523. The molecule has 1 saturated carbocycles. The van der Waals surface area contributed by atoms with Crippen molar-refractivity contribution in [2.75, 3.05) is 20.8 Å². The van der Waals surface area contributed by atoms with Crippen LogP contribution in [0.5, 0.6) is 17.6 Å². The molecular weight excluding hydrogens is 701 g/mol. The summed E-state index contributed by atoms with van der Waals surface area (Å²) in [5.74, 6) is -1.21. The van der Waals surface area contributed by atoms with Gasteiger partial charge >= 0.3 is 12.1 Å². The van der Waals surface area contributed by atoms with Crippen LogP contribution in [0.25, 0.3) is 22.4 Å². The number of fused-ring (bicyclic) bond motifs is 1. The molecule has 0 amide bonds. The number of halogens is 4. The van der Waals surface area contributed by atoms with Crippen LogP contribution in [0.3, 0.4) is 0 Å². The van der Waals surface area contributed by atoms with Crippen molar-refractivity contribution < 1.29 is 42.4 Å². The van der Waals surface area contributed by atoms with E-state index >= 15 is 0 Å². The van der Waals surface area contributed by atoms with Gasteiger partial charge < -0.3 is 35.1 Å². The van der Waals surface area contributed by atoms with E-state index in [1.165, 1.54) is 7.11 Å². The zero-order chi connectivity index (χ0) is 37.2. The van der Waals surface area contributed by atoms with Gasteiger partial charge in [-0.05, 0) is 61.4 Å². The summed E-state index contributed by atoms with van der Waals surface area (Å²) in [6, 6.07) is 16.2. The highest BCUT2D eigenvalue weighted by Crippen LogP contribution is 2.46. The summed E-state index contributed by atoms with van der Waals surface area (Å²) >= 11 is 7.09. The first kappa shape index (κ1) is 37.3. The van der Waals surface area contributed by atoms with Gasteiger partial charge in [-0.15, -0.1) is 0 Å². The third-order valence-corrected chi connectivity index (χ3v) is 9.88. The summed E-state index contributed by atoms with van der Waals surface area (Å²) in [7, 11) is 2.86. The minimum Gasteiger partial charge on any atom is -0.481 e. The molecule has 6 rings (SSSR count). The van der Waals surface area contributed by atoms with Crippen molar-refractivity contribution in [2.24, 2.45) is 0 Å². The van der Waals surface area contributed by atoms with Gasteiger partial charge in [0.05, 0.1) is 37.0 Å². The molecule has 0 aliphatic heterocycles. The number of benzene rings is 2. The second kappa shape index (κ2) is 15.3. The van der Waals surface area contributed by atoms with Crippen molar-refractivity contribution in [2.45, 2.75) is 76.0 Å². The highest BCUT2D eigenvalue weighted by Gasteiger charge is 2.39. The van der Waals surface area contributed by atoms with Crippen molar-refractivity contribution in [3.8, 4) is 40.0 Å². The lowest BCUT2D eigenvalue weighted by Crippen LogP contribution is -2.51. The van der Waals surface area contributed by atoms with Gasteiger partial charge in [-0.25, -0.2) is 4.98 Å². The van der Waals surface area contributed by atoms with E-state index in [0.717, 1.165) is 33.9 Å². The molecule has 0 radical (unpaired) electrons. The number of methoxy groups -OCH3 is 2. The molecule has 0 spiro atoms. The molecule has 10 nitrogen and oxygen atoms in total. The maximum atomic E-state index is 14.3. The number of aromatic nitrogens is 2. The van der Waals surface area contributed by atoms with Gasteiger partial charge in [-0.2, -0.15) is 18.2 Å². The van der Waals surface area contributed by atoms with Gasteiger partial charge in [0.1, 0.15) is 11.7 Å². The number of carbonyl (C=O) groups is 1. The maximum absolute atomic E-state index is 14.3. The van der Waals surface area contributed by atoms with Gasteiger partial charge in [-0.1, -0.05) is 54.1 Å². The van der Waals surface area contributed by atoms with Gasteiger partial charge in [0.15, 0.2) is 0 Å². The molecule has 52 heavy (non-hydrogen) atoms. The Morgan fingerprint density at radius 3 is 2.35 bits per heavy atom. The molecule has 276 valence electrons. The van der Waals surface area contributed by atoms with Crippen molar-refractivity contribution in [1.29, 1.82) is 0 Å². The first-order valence-electron chi connectivity index (χ1n) is 16.9. The second-order valence-corrected chi connectivity index (χ2v) is 13.7. The normalized spacial score (nSPS) is 19.5. The number of carboxylic acid groups (broad SMARTS) is 1. The zero-order valence-corrected chi connectivity index (χ0v) is 29.7. The van der Waals surface area contributed by atoms with Crippen molar-refractivity contribution >= 4 is 17.6 Å². The number of carboxylic acids is 1. The van der Waals surface area contributed by atoms with Crippen LogP contribution in [-0.2, 0) is 30.5 Å². The average molecular weight is 741 g/mol. The van der Waals surface area contributed by atoms with Crippen LogP contribution in [-0.4, -0.2) is 58.6 Å². The molecule has 2 aromatic carbocycles. The van der Waals surface area contributed by atoms with Gasteiger partial charge in [0, 0.05) is 47.9 Å². The number of aliphatic hydroxyl groups is 1. The number of pyridine rings is 2. The summed E-state index contributed by atoms with van der Waals surface area (Å²) in [6.07, 6.45) is -3.36. The Morgan fingerprint density at radius 1 is 0.962 bits per heavy atom. The van der Waals surface area contributed by atoms with Gasteiger partial charge in [0.2, 0.25) is 17.6 Å². The van der Waals surface area contributed by atoms with Crippen LogP contribution >= 0.6 is 11.6 Å². The molecule has 4 aromatic rings. The summed E-state index contributed by atoms with van der Waals surface area (Å²) < 4.78 is 59.9. The largest absolute Gasteiger partial charge is 0.481 e. The lowest BCUT2D eigenvalue weighted by molar-refractivity contribution is -0.140. The van der Waals surface area contributed by atoms with E-state index in [1.54, 1.807) is 7.11 Å². The van der Waals surface area contributed by atoms with Crippen molar-refractivity contribution in [1.82, 2.24) is 20.6 Å². The van der Waals surface area contributed by atoms with E-state index in [9.17, 15) is 23.1 Å². The Morgan fingerprint density at radius 2 is 1.65 bits per heavy atom. The number of hydrogen-bond donors (Lipinski definition) is 4. The summed E-state index contributed by atoms with van der Waals surface area (Å²) in [6.45, 7) is 2.35. The first-order valence-corrected chi connectivity index (χ1v) is 17.3. The van der Waals surface area contributed by atoms with Crippen LogP contribution < -0.4 is 24.8 Å². The molecule has 14 heteroatoms. The van der Waals surface area contributed by atoms with Crippen LogP contribution in [0.4, 0.5) is 13.2 Å². The summed E-state index contributed by atoms with van der Waals surface area (Å²) in [5, 5.41) is 25.6. The highest BCUT2D eigenvalue weighted by molar-refractivity contribution is 6.36. The third kappa shape index (κ3) is 8.12. The Hall–Kier alpha value is -4.43. The fourth-order valence-corrected chi connectivity index (χ4v) is 7.26. The van der Waals surface area contributed by atoms with Crippen molar-refractivity contribution in [3.05, 3.63) is 87.4 Å². The Kier molecular flexibility index (Phi) is 11.0. The number of rotatable bonds is 14. The lowest BCUT2D eigenvalue weighted by Gasteiger charge is -2.41. The van der Waals surface area contributed by atoms with Crippen LogP contribution in [0, 0.1) is 0 Å². The summed E-state index contributed by atoms with van der Waals surface area (Å²) in [4.78, 5) is 19.7. The molecular formula is C38H40ClF3N4O6. The molecule has 0 bridgehead atoms. The van der Waals surface area contributed by atoms with E-state index in [4.69, 9.17) is 35.9 Å². The number of alkyl halides is 3. The zero-order valence-electron chi connectivity index (χ0n) is 28.9. The van der Waals surface area contributed by atoms with Crippen LogP contribution in [0.15, 0.2) is 54.6 Å². The molecule has 2 aliphatic carbocycles. The SMILES string of the molecule is COc1nc(-c2cccc(-c3cccc4c3CC[C@@H]4Oc3nc(OC)c(CNCCC(=O)O)cc3C(F)(F)F)c2Cl)ccc1CN[C@H]1C[C@](C)(O)C1. The molecule has 0 saturated heterocycles. The third-order valence-electron chi connectivity index (χ3n) is 9.48. The van der Waals surface area contributed by atoms with E-state index in [0.29, 0.717) is 54.4 Å². The Bertz CT molecular complexity index is 1950. The minimum atomic E-state index is -4.77. The van der Waals surface area contributed by atoms with Gasteiger partial charge in [-0.3, -0.25) is 4.79 Å². The lowest BCUT2D eigenvalue weighted by atomic mass is 9.77. The number of nitrogens with zero attached hydrogens (tertiary/aromatic N) is 2. The Labute approximate surface area is 304 Å². The van der Waals surface area contributed by atoms with Crippen LogP contribution in [0.1, 0.15) is 66.5 Å². The predicted molar refractivity (Wildman–Crippen MR) is 189 cm³/mol. The van der Waals surface area contributed by atoms with Gasteiger partial charge in [0.25, 0.3) is 0 Å². The molecule has 1 fully saturated rings. The monoisotopic (exact) mass is 740 g/mol. The molecule has 2 heterocycles. The topological polar surface area (TPSA) is 135 Å². The smallest absolute Gasteiger partial charge is 0.421 e. The van der Waals surface area contributed by atoms with E-state index in [2.05, 4.69) is 15.6 Å². The fraction of sp³-hybridized carbons (Fsp3) is 0.395. The van der Waals surface area contributed by atoms with Crippen LogP contribution in [0.2, 0.25) is 5.02 Å². The number of hydrogen-bond acceptors (Lipinski definition) is 9. The highest BCUT2D eigenvalue weighted by atomic mass is 35.5. The van der Waals surface area contributed by atoms with E-state index in [1.807, 2.05) is 55.5 Å². The summed E-state index contributed by atoms with van der Waals surface area (Å²) in [5.41, 5.74) is 3.86. The number of aliphatic carboxylic acids is 1. The van der Waals surface area contributed by atoms with E-state index < -0.39 is 35.3 Å². The Balaban J connectivity index is 1.25. The molecule has 1 atom stereocenters. The standard InChI is InChI=1S/C38H40ClF3N4O6/c1-37(49)17-23(18-37)44-20-21-10-12-30(45-34(21)50-2)28-9-5-8-27(33(28)39)24-6-4-7-26-25(24)11-13-31(26)52-36-29(38(40,41)42)16-22(35(46-36)51-3)19-43-15-14-32(47)48/h4-10,12,16,23,31,43-44,49H,11,13-15,17-20H2,1-3H3,(H,47,48)/t23-,31-,37-/m0/s1. The maximum Gasteiger partial charge on any atom is 0.421 e.